The molecule has 4 nitrogen and oxygen atoms in total. The van der Waals surface area contributed by atoms with Crippen LogP contribution in [-0.2, 0) is 13.1 Å². The average Bonchev–Trinajstić information content (AvgIpc) is 3.10. The summed E-state index contributed by atoms with van der Waals surface area (Å²) in [5, 5.41) is 12.7. The second-order valence-corrected chi connectivity index (χ2v) is 5.82. The zero-order valence-corrected chi connectivity index (χ0v) is 12.5. The minimum Gasteiger partial charge on any atom is -0.327 e. The van der Waals surface area contributed by atoms with Crippen LogP contribution in [0.3, 0.4) is 0 Å². The van der Waals surface area contributed by atoms with Crippen LogP contribution in [0, 0.1) is 17.2 Å². The number of para-hydroxylation sites is 2. The predicted molar refractivity (Wildman–Crippen MR) is 83.6 cm³/mol. The van der Waals surface area contributed by atoms with Crippen molar-refractivity contribution in [2.45, 2.75) is 51.7 Å². The standard InChI is InChI=1S/C17H22N4/c1-2-10-21-16-9-4-3-7-15(16)20-17(21)12-19-14-8-5-6-13(14)11-18/h3-4,7,9,13-14,19H,2,5-6,8,10,12H2,1H3. The number of aryl methyl sites for hydroxylation is 1. The summed E-state index contributed by atoms with van der Waals surface area (Å²) in [7, 11) is 0. The van der Waals surface area contributed by atoms with Crippen molar-refractivity contribution in [3.05, 3.63) is 30.1 Å². The van der Waals surface area contributed by atoms with E-state index in [1.807, 2.05) is 6.07 Å². The van der Waals surface area contributed by atoms with Crippen molar-refractivity contribution < 1.29 is 0 Å². The third kappa shape index (κ3) is 2.79. The molecule has 1 aliphatic carbocycles. The molecule has 0 bridgehead atoms. The van der Waals surface area contributed by atoms with E-state index in [1.54, 1.807) is 0 Å². The van der Waals surface area contributed by atoms with Crippen molar-refractivity contribution in [1.29, 1.82) is 5.26 Å². The van der Waals surface area contributed by atoms with Gasteiger partial charge < -0.3 is 9.88 Å². The van der Waals surface area contributed by atoms with Crippen molar-refractivity contribution in [1.82, 2.24) is 14.9 Å². The Labute approximate surface area is 125 Å². The number of imidazole rings is 1. The first kappa shape index (κ1) is 14.1. The first-order valence-corrected chi connectivity index (χ1v) is 7.90. The zero-order chi connectivity index (χ0) is 14.7. The lowest BCUT2D eigenvalue weighted by Crippen LogP contribution is -2.32. The predicted octanol–water partition coefficient (Wildman–Crippen LogP) is 3.23. The SMILES string of the molecule is CCCn1c(CNC2CCCC2C#N)nc2ccccc21. The number of nitrogens with zero attached hydrogens (tertiary/aromatic N) is 3. The fourth-order valence-corrected chi connectivity index (χ4v) is 3.31. The summed E-state index contributed by atoms with van der Waals surface area (Å²) in [6.45, 7) is 3.93. The molecule has 0 spiro atoms. The normalized spacial score (nSPS) is 21.7. The highest BCUT2D eigenvalue weighted by molar-refractivity contribution is 5.75. The van der Waals surface area contributed by atoms with E-state index in [2.05, 4.69) is 41.1 Å². The van der Waals surface area contributed by atoms with E-state index >= 15 is 0 Å². The molecule has 0 radical (unpaired) electrons. The molecule has 1 N–H and O–H groups in total. The number of nitriles is 1. The summed E-state index contributed by atoms with van der Waals surface area (Å²) in [4.78, 5) is 4.76. The van der Waals surface area contributed by atoms with Gasteiger partial charge in [0.1, 0.15) is 5.82 Å². The number of nitrogens with one attached hydrogen (secondary N) is 1. The lowest BCUT2D eigenvalue weighted by molar-refractivity contribution is 0.450. The molecular weight excluding hydrogens is 260 g/mol. The van der Waals surface area contributed by atoms with E-state index in [4.69, 9.17) is 4.98 Å². The Morgan fingerprint density at radius 3 is 3.05 bits per heavy atom. The largest absolute Gasteiger partial charge is 0.327 e. The van der Waals surface area contributed by atoms with E-state index in [9.17, 15) is 5.26 Å². The van der Waals surface area contributed by atoms with Crippen LogP contribution in [0.15, 0.2) is 24.3 Å². The molecule has 0 saturated heterocycles. The maximum atomic E-state index is 9.18. The molecule has 1 saturated carbocycles. The van der Waals surface area contributed by atoms with Gasteiger partial charge in [-0.3, -0.25) is 0 Å². The van der Waals surface area contributed by atoms with Gasteiger partial charge >= 0.3 is 0 Å². The van der Waals surface area contributed by atoms with Crippen LogP contribution in [-0.4, -0.2) is 15.6 Å². The van der Waals surface area contributed by atoms with Crippen molar-refractivity contribution in [2.75, 3.05) is 0 Å². The lowest BCUT2D eigenvalue weighted by atomic mass is 10.1. The maximum absolute atomic E-state index is 9.18. The molecule has 0 amide bonds. The lowest BCUT2D eigenvalue weighted by Gasteiger charge is -2.16. The number of aromatic nitrogens is 2. The highest BCUT2D eigenvalue weighted by atomic mass is 15.1. The summed E-state index contributed by atoms with van der Waals surface area (Å²) >= 11 is 0. The van der Waals surface area contributed by atoms with Gasteiger partial charge in [0.15, 0.2) is 0 Å². The van der Waals surface area contributed by atoms with Crippen LogP contribution < -0.4 is 5.32 Å². The molecule has 2 aromatic rings. The van der Waals surface area contributed by atoms with Crippen molar-refractivity contribution in [3.63, 3.8) is 0 Å². The molecule has 1 aromatic heterocycles. The van der Waals surface area contributed by atoms with Crippen LogP contribution in [0.5, 0.6) is 0 Å². The first-order valence-electron chi connectivity index (χ1n) is 7.90. The Hall–Kier alpha value is -1.86. The summed E-state index contributed by atoms with van der Waals surface area (Å²) in [5.41, 5.74) is 2.27. The third-order valence-corrected chi connectivity index (χ3v) is 4.38. The molecule has 110 valence electrons. The first-order chi connectivity index (χ1) is 10.3. The van der Waals surface area contributed by atoms with Gasteiger partial charge in [-0.1, -0.05) is 25.5 Å². The molecule has 1 aliphatic rings. The Morgan fingerprint density at radius 2 is 2.24 bits per heavy atom. The zero-order valence-electron chi connectivity index (χ0n) is 12.5. The summed E-state index contributed by atoms with van der Waals surface area (Å²) in [6.07, 6.45) is 4.38. The highest BCUT2D eigenvalue weighted by Gasteiger charge is 2.26. The summed E-state index contributed by atoms with van der Waals surface area (Å²) in [5.74, 6) is 1.25. The molecule has 2 unspecified atom stereocenters. The quantitative estimate of drug-likeness (QED) is 0.916. The minimum atomic E-state index is 0.161. The summed E-state index contributed by atoms with van der Waals surface area (Å²) in [6, 6.07) is 11.1. The monoisotopic (exact) mass is 282 g/mol. The van der Waals surface area contributed by atoms with Crippen molar-refractivity contribution in [3.8, 4) is 6.07 Å². The smallest absolute Gasteiger partial charge is 0.123 e. The number of benzene rings is 1. The molecule has 1 fully saturated rings. The van der Waals surface area contributed by atoms with E-state index in [1.165, 1.54) is 5.52 Å². The van der Waals surface area contributed by atoms with Gasteiger partial charge in [-0.05, 0) is 31.4 Å². The van der Waals surface area contributed by atoms with Gasteiger partial charge in [0.05, 0.1) is 29.6 Å². The van der Waals surface area contributed by atoms with Crippen molar-refractivity contribution >= 4 is 11.0 Å². The summed E-state index contributed by atoms with van der Waals surface area (Å²) < 4.78 is 2.30. The molecule has 2 atom stereocenters. The van der Waals surface area contributed by atoms with Crippen LogP contribution in [0.2, 0.25) is 0 Å². The minimum absolute atomic E-state index is 0.161. The fraction of sp³-hybridized carbons (Fsp3) is 0.529. The van der Waals surface area contributed by atoms with Gasteiger partial charge in [-0.15, -0.1) is 0 Å². The van der Waals surface area contributed by atoms with Gasteiger partial charge in [-0.2, -0.15) is 5.26 Å². The van der Waals surface area contributed by atoms with Gasteiger partial charge in [0.2, 0.25) is 0 Å². The number of hydrogen-bond acceptors (Lipinski definition) is 3. The molecule has 4 heteroatoms. The topological polar surface area (TPSA) is 53.6 Å². The van der Waals surface area contributed by atoms with E-state index in [-0.39, 0.29) is 5.92 Å². The molecule has 1 aromatic carbocycles. The molecule has 3 rings (SSSR count). The van der Waals surface area contributed by atoms with Crippen LogP contribution in [0.25, 0.3) is 11.0 Å². The average molecular weight is 282 g/mol. The van der Waals surface area contributed by atoms with Crippen LogP contribution in [0.4, 0.5) is 0 Å². The van der Waals surface area contributed by atoms with Crippen LogP contribution in [0.1, 0.15) is 38.4 Å². The molecular formula is C17H22N4. The second kappa shape index (κ2) is 6.28. The molecule has 21 heavy (non-hydrogen) atoms. The third-order valence-electron chi connectivity index (χ3n) is 4.38. The number of hydrogen-bond donors (Lipinski definition) is 1. The second-order valence-electron chi connectivity index (χ2n) is 5.82. The van der Waals surface area contributed by atoms with E-state index in [0.717, 1.165) is 50.1 Å². The Balaban J connectivity index is 1.80. The molecule has 1 heterocycles. The van der Waals surface area contributed by atoms with Gasteiger partial charge in [0, 0.05) is 12.6 Å². The van der Waals surface area contributed by atoms with E-state index < -0.39 is 0 Å². The van der Waals surface area contributed by atoms with E-state index in [0.29, 0.717) is 6.04 Å². The Bertz CT molecular complexity index is 652. The van der Waals surface area contributed by atoms with Crippen LogP contribution >= 0.6 is 0 Å². The Morgan fingerprint density at radius 1 is 1.38 bits per heavy atom. The number of rotatable bonds is 5. The fourth-order valence-electron chi connectivity index (χ4n) is 3.31. The molecule has 0 aliphatic heterocycles. The number of fused-ring (bicyclic) bond motifs is 1. The van der Waals surface area contributed by atoms with Gasteiger partial charge in [0.25, 0.3) is 0 Å². The van der Waals surface area contributed by atoms with Gasteiger partial charge in [-0.25, -0.2) is 4.98 Å². The Kier molecular flexibility index (Phi) is 4.21. The maximum Gasteiger partial charge on any atom is 0.123 e. The highest BCUT2D eigenvalue weighted by Crippen LogP contribution is 2.25. The van der Waals surface area contributed by atoms with Crippen molar-refractivity contribution in [2.24, 2.45) is 5.92 Å².